The van der Waals surface area contributed by atoms with E-state index >= 15 is 0 Å². The smallest absolute Gasteiger partial charge is 0.336 e. The lowest BCUT2D eigenvalue weighted by molar-refractivity contribution is 0.289. The molecule has 31 heavy (non-hydrogen) atoms. The van der Waals surface area contributed by atoms with E-state index in [2.05, 4.69) is 4.90 Å². The summed E-state index contributed by atoms with van der Waals surface area (Å²) in [7, 11) is 3.27. The Bertz CT molecular complexity index is 1290. The van der Waals surface area contributed by atoms with Gasteiger partial charge in [0.15, 0.2) is 6.73 Å². The minimum atomic E-state index is -0.395. The van der Waals surface area contributed by atoms with Gasteiger partial charge in [-0.25, -0.2) is 4.79 Å². The Labute approximate surface area is 179 Å². The van der Waals surface area contributed by atoms with Crippen molar-refractivity contribution in [1.29, 1.82) is 0 Å². The van der Waals surface area contributed by atoms with Gasteiger partial charge in [-0.15, -0.1) is 0 Å². The molecular weight excluding hydrogens is 394 g/mol. The number of hydrogen-bond donors (Lipinski definition) is 0. The maximum Gasteiger partial charge on any atom is 0.336 e. The summed E-state index contributed by atoms with van der Waals surface area (Å²) >= 11 is 0. The standard InChI is InChI=1S/C25H21NO5/c1-28-18-7-3-16(4-8-18)21-13-24(27)31-25-20(21)11-12-23-22(25)14-26(15-30-23)17-5-9-19(29-2)10-6-17/h3-13H,14-15H2,1-2H3. The van der Waals surface area contributed by atoms with Crippen molar-refractivity contribution < 1.29 is 18.6 Å². The molecule has 0 bridgehead atoms. The summed E-state index contributed by atoms with van der Waals surface area (Å²) in [5.74, 6) is 2.28. The summed E-state index contributed by atoms with van der Waals surface area (Å²) in [6.45, 7) is 0.973. The van der Waals surface area contributed by atoms with Crippen LogP contribution < -0.4 is 24.7 Å². The number of anilines is 1. The quantitative estimate of drug-likeness (QED) is 0.445. The fourth-order valence-electron chi connectivity index (χ4n) is 3.90. The normalized spacial score (nSPS) is 12.9. The van der Waals surface area contributed by atoms with Gasteiger partial charge in [0.1, 0.15) is 22.8 Å². The lowest BCUT2D eigenvalue weighted by Gasteiger charge is -2.31. The lowest BCUT2D eigenvalue weighted by atomic mass is 9.99. The Hall–Kier alpha value is -3.93. The molecule has 1 aliphatic heterocycles. The molecule has 6 heteroatoms. The molecular formula is C25H21NO5. The van der Waals surface area contributed by atoms with Gasteiger partial charge in [-0.3, -0.25) is 0 Å². The second-order valence-electron chi connectivity index (χ2n) is 7.30. The van der Waals surface area contributed by atoms with Crippen LogP contribution >= 0.6 is 0 Å². The Morgan fingerprint density at radius 2 is 1.55 bits per heavy atom. The molecule has 2 heterocycles. The van der Waals surface area contributed by atoms with E-state index in [0.717, 1.165) is 45.0 Å². The fraction of sp³-hybridized carbons (Fsp3) is 0.160. The highest BCUT2D eigenvalue weighted by atomic mass is 16.5. The van der Waals surface area contributed by atoms with Gasteiger partial charge in [-0.1, -0.05) is 12.1 Å². The second kappa shape index (κ2) is 7.72. The first-order valence-corrected chi connectivity index (χ1v) is 9.92. The van der Waals surface area contributed by atoms with Crippen molar-refractivity contribution in [3.05, 3.63) is 82.7 Å². The Morgan fingerprint density at radius 3 is 2.23 bits per heavy atom. The molecule has 0 amide bonds. The molecule has 0 radical (unpaired) electrons. The van der Waals surface area contributed by atoms with E-state index < -0.39 is 5.63 Å². The lowest BCUT2D eigenvalue weighted by Crippen LogP contribution is -2.32. The first-order valence-electron chi connectivity index (χ1n) is 9.92. The van der Waals surface area contributed by atoms with E-state index in [-0.39, 0.29) is 0 Å². The summed E-state index contributed by atoms with van der Waals surface area (Å²) in [5.41, 5.74) is 3.74. The minimum Gasteiger partial charge on any atom is -0.497 e. The number of nitrogens with zero attached hydrogens (tertiary/aromatic N) is 1. The van der Waals surface area contributed by atoms with Gasteiger partial charge in [0.2, 0.25) is 0 Å². The molecule has 0 spiro atoms. The van der Waals surface area contributed by atoms with E-state index in [1.54, 1.807) is 14.2 Å². The molecule has 156 valence electrons. The Balaban J connectivity index is 1.59. The highest BCUT2D eigenvalue weighted by Crippen LogP contribution is 2.37. The Kier molecular flexibility index (Phi) is 4.75. The van der Waals surface area contributed by atoms with Crippen LogP contribution in [0.5, 0.6) is 17.2 Å². The summed E-state index contributed by atoms with van der Waals surface area (Å²) < 4.78 is 22.2. The third-order valence-electron chi connectivity index (χ3n) is 5.54. The first-order chi connectivity index (χ1) is 15.2. The van der Waals surface area contributed by atoms with Crippen molar-refractivity contribution in [2.45, 2.75) is 6.54 Å². The molecule has 6 nitrogen and oxygen atoms in total. The zero-order valence-electron chi connectivity index (χ0n) is 17.3. The van der Waals surface area contributed by atoms with Crippen molar-refractivity contribution in [2.75, 3.05) is 25.9 Å². The van der Waals surface area contributed by atoms with Crippen LogP contribution in [0.1, 0.15) is 5.56 Å². The highest BCUT2D eigenvalue weighted by Gasteiger charge is 2.23. The SMILES string of the molecule is COc1ccc(-c2cc(=O)oc3c4c(ccc23)OCN(c2ccc(OC)cc2)C4)cc1. The zero-order valence-corrected chi connectivity index (χ0v) is 17.3. The highest BCUT2D eigenvalue weighted by molar-refractivity contribution is 5.96. The van der Waals surface area contributed by atoms with E-state index in [1.165, 1.54) is 6.07 Å². The van der Waals surface area contributed by atoms with Crippen LogP contribution in [0.4, 0.5) is 5.69 Å². The molecule has 0 unspecified atom stereocenters. The average Bonchev–Trinajstić information content (AvgIpc) is 2.83. The van der Waals surface area contributed by atoms with Gasteiger partial charge < -0.3 is 23.5 Å². The predicted octanol–water partition coefficient (Wildman–Crippen LogP) is 4.83. The molecule has 1 aromatic heterocycles. The van der Waals surface area contributed by atoms with Crippen LogP contribution in [0.15, 0.2) is 75.9 Å². The summed E-state index contributed by atoms with van der Waals surface area (Å²) in [6, 6.07) is 20.8. The minimum absolute atomic E-state index is 0.395. The zero-order chi connectivity index (χ0) is 21.4. The average molecular weight is 415 g/mol. The summed E-state index contributed by atoms with van der Waals surface area (Å²) in [6.07, 6.45) is 0. The number of fused-ring (bicyclic) bond motifs is 3. The number of ether oxygens (including phenoxy) is 3. The molecule has 3 aromatic carbocycles. The van der Waals surface area contributed by atoms with Crippen molar-refractivity contribution in [3.8, 4) is 28.4 Å². The third-order valence-corrected chi connectivity index (χ3v) is 5.54. The van der Waals surface area contributed by atoms with Crippen LogP contribution in [-0.4, -0.2) is 21.0 Å². The molecule has 4 aromatic rings. The van der Waals surface area contributed by atoms with Gasteiger partial charge >= 0.3 is 5.63 Å². The van der Waals surface area contributed by atoms with Gasteiger partial charge in [-0.05, 0) is 59.7 Å². The summed E-state index contributed by atoms with van der Waals surface area (Å²) in [4.78, 5) is 14.5. The number of benzene rings is 3. The molecule has 0 saturated heterocycles. The molecule has 0 saturated carbocycles. The number of rotatable bonds is 4. The molecule has 0 aliphatic carbocycles. The van der Waals surface area contributed by atoms with Crippen LogP contribution in [-0.2, 0) is 6.54 Å². The fourth-order valence-corrected chi connectivity index (χ4v) is 3.90. The largest absolute Gasteiger partial charge is 0.497 e. The van der Waals surface area contributed by atoms with Gasteiger partial charge in [0.25, 0.3) is 0 Å². The van der Waals surface area contributed by atoms with E-state index in [1.807, 2.05) is 60.7 Å². The maximum absolute atomic E-state index is 12.4. The van der Waals surface area contributed by atoms with Crippen molar-refractivity contribution in [3.63, 3.8) is 0 Å². The van der Waals surface area contributed by atoms with Gasteiger partial charge in [-0.2, -0.15) is 0 Å². The van der Waals surface area contributed by atoms with Crippen LogP contribution in [0, 0.1) is 0 Å². The number of hydrogen-bond acceptors (Lipinski definition) is 6. The molecule has 1 aliphatic rings. The first kappa shape index (κ1) is 19.1. The van der Waals surface area contributed by atoms with Crippen molar-refractivity contribution in [2.24, 2.45) is 0 Å². The summed E-state index contributed by atoms with van der Waals surface area (Å²) in [5, 5.41) is 0.865. The van der Waals surface area contributed by atoms with Crippen molar-refractivity contribution >= 4 is 16.7 Å². The molecule has 0 fully saturated rings. The maximum atomic E-state index is 12.4. The Morgan fingerprint density at radius 1 is 0.871 bits per heavy atom. The van der Waals surface area contributed by atoms with Gasteiger partial charge in [0, 0.05) is 17.1 Å². The molecule has 0 atom stereocenters. The van der Waals surface area contributed by atoms with Gasteiger partial charge in [0.05, 0.1) is 26.3 Å². The van der Waals surface area contributed by atoms with Crippen molar-refractivity contribution in [1.82, 2.24) is 0 Å². The monoisotopic (exact) mass is 415 g/mol. The molecule has 5 rings (SSSR count). The topological polar surface area (TPSA) is 61.1 Å². The predicted molar refractivity (Wildman–Crippen MR) is 119 cm³/mol. The third kappa shape index (κ3) is 3.46. The van der Waals surface area contributed by atoms with E-state index in [4.69, 9.17) is 18.6 Å². The van der Waals surface area contributed by atoms with Crippen LogP contribution in [0.2, 0.25) is 0 Å². The number of methoxy groups -OCH3 is 2. The van der Waals surface area contributed by atoms with Crippen LogP contribution in [0.3, 0.4) is 0 Å². The second-order valence-corrected chi connectivity index (χ2v) is 7.30. The van der Waals surface area contributed by atoms with E-state index in [9.17, 15) is 4.79 Å². The molecule has 0 N–H and O–H groups in total. The van der Waals surface area contributed by atoms with Crippen LogP contribution in [0.25, 0.3) is 22.1 Å². The van der Waals surface area contributed by atoms with E-state index in [0.29, 0.717) is 18.9 Å².